The molecule has 2 aromatic rings. The highest BCUT2D eigenvalue weighted by Gasteiger charge is 2.09. The van der Waals surface area contributed by atoms with Crippen molar-refractivity contribution in [2.24, 2.45) is 0 Å². The molecule has 0 aliphatic heterocycles. The first-order valence-corrected chi connectivity index (χ1v) is 7.28. The summed E-state index contributed by atoms with van der Waals surface area (Å²) < 4.78 is 5.67. The van der Waals surface area contributed by atoms with Gasteiger partial charge in [-0.15, -0.1) is 11.8 Å². The Morgan fingerprint density at radius 2 is 1.80 bits per heavy atom. The second-order valence-electron chi connectivity index (χ2n) is 4.16. The largest absolute Gasteiger partial charge is 0.424 e. The van der Waals surface area contributed by atoms with Crippen molar-refractivity contribution < 1.29 is 4.74 Å². The third-order valence-electron chi connectivity index (χ3n) is 2.50. The molecule has 0 fully saturated rings. The van der Waals surface area contributed by atoms with Gasteiger partial charge in [-0.05, 0) is 30.5 Å². The van der Waals surface area contributed by atoms with Crippen LogP contribution in [0.15, 0.2) is 29.2 Å². The quantitative estimate of drug-likeness (QED) is 0.849. The minimum absolute atomic E-state index is 0.268. The number of ether oxygens (including phenoxy) is 1. The Morgan fingerprint density at radius 1 is 1.10 bits per heavy atom. The topological polar surface area (TPSA) is 63.2 Å². The number of rotatable bonds is 5. The van der Waals surface area contributed by atoms with Gasteiger partial charge >= 0.3 is 6.01 Å². The fraction of sp³-hybridized carbons (Fsp3) is 0.308. The van der Waals surface area contributed by atoms with E-state index in [1.54, 1.807) is 23.7 Å². The van der Waals surface area contributed by atoms with Crippen molar-refractivity contribution in [3.8, 4) is 11.8 Å². The van der Waals surface area contributed by atoms with Crippen LogP contribution >= 0.6 is 11.8 Å². The molecule has 0 amide bonds. The van der Waals surface area contributed by atoms with Crippen molar-refractivity contribution in [1.29, 1.82) is 0 Å². The number of nitrogens with one attached hydrogen (secondary N) is 1. The molecule has 0 saturated carbocycles. The van der Waals surface area contributed by atoms with Gasteiger partial charge in [0, 0.05) is 26.0 Å². The van der Waals surface area contributed by atoms with Crippen molar-refractivity contribution in [2.75, 3.05) is 37.6 Å². The molecule has 0 saturated heterocycles. The molecule has 1 heterocycles. The summed E-state index contributed by atoms with van der Waals surface area (Å²) in [6.07, 6.45) is 2.03. The lowest BCUT2D eigenvalue weighted by atomic mass is 10.3. The maximum Gasteiger partial charge on any atom is 0.328 e. The van der Waals surface area contributed by atoms with Crippen molar-refractivity contribution in [3.63, 3.8) is 0 Å². The number of nitrogens with zero attached hydrogens (tertiary/aromatic N) is 4. The second kappa shape index (κ2) is 6.42. The van der Waals surface area contributed by atoms with E-state index in [9.17, 15) is 0 Å². The fourth-order valence-corrected chi connectivity index (χ4v) is 1.86. The van der Waals surface area contributed by atoms with Gasteiger partial charge in [-0.2, -0.15) is 15.0 Å². The first-order chi connectivity index (χ1) is 9.62. The second-order valence-corrected chi connectivity index (χ2v) is 5.04. The Morgan fingerprint density at radius 3 is 2.35 bits per heavy atom. The monoisotopic (exact) mass is 291 g/mol. The molecule has 0 radical (unpaired) electrons. The van der Waals surface area contributed by atoms with Crippen LogP contribution < -0.4 is 15.0 Å². The van der Waals surface area contributed by atoms with Gasteiger partial charge in [0.2, 0.25) is 11.9 Å². The van der Waals surface area contributed by atoms with E-state index in [0.29, 0.717) is 17.6 Å². The highest BCUT2D eigenvalue weighted by Crippen LogP contribution is 2.23. The van der Waals surface area contributed by atoms with Crippen LogP contribution in [0, 0.1) is 0 Å². The van der Waals surface area contributed by atoms with Crippen LogP contribution in [0.3, 0.4) is 0 Å². The Bertz CT molecular complexity index is 573. The third kappa shape index (κ3) is 3.51. The van der Waals surface area contributed by atoms with Crippen molar-refractivity contribution in [2.45, 2.75) is 4.90 Å². The minimum atomic E-state index is 0.268. The Kier molecular flexibility index (Phi) is 4.62. The average molecular weight is 291 g/mol. The highest BCUT2D eigenvalue weighted by molar-refractivity contribution is 7.98. The van der Waals surface area contributed by atoms with E-state index in [1.165, 1.54) is 4.90 Å². The molecule has 1 N–H and O–H groups in total. The van der Waals surface area contributed by atoms with E-state index in [0.717, 1.165) is 0 Å². The van der Waals surface area contributed by atoms with E-state index in [2.05, 4.69) is 20.3 Å². The van der Waals surface area contributed by atoms with Gasteiger partial charge in [0.25, 0.3) is 0 Å². The van der Waals surface area contributed by atoms with Gasteiger partial charge < -0.3 is 15.0 Å². The maximum absolute atomic E-state index is 5.67. The number of hydrogen-bond donors (Lipinski definition) is 1. The lowest BCUT2D eigenvalue weighted by molar-refractivity contribution is 0.440. The van der Waals surface area contributed by atoms with Crippen LogP contribution in [0.2, 0.25) is 0 Å². The summed E-state index contributed by atoms with van der Waals surface area (Å²) in [6.45, 7) is 0. The lowest BCUT2D eigenvalue weighted by Crippen LogP contribution is -2.15. The summed E-state index contributed by atoms with van der Waals surface area (Å²) in [5.41, 5.74) is 0. The first kappa shape index (κ1) is 14.4. The summed E-state index contributed by atoms with van der Waals surface area (Å²) in [7, 11) is 5.49. The predicted octanol–water partition coefficient (Wildman–Crippen LogP) is 2.49. The Hall–Kier alpha value is -2.02. The predicted molar refractivity (Wildman–Crippen MR) is 82.0 cm³/mol. The highest BCUT2D eigenvalue weighted by atomic mass is 32.2. The number of hydrogen-bond acceptors (Lipinski definition) is 7. The van der Waals surface area contributed by atoms with Gasteiger partial charge in [0.05, 0.1) is 0 Å². The SMILES string of the molecule is CNc1nc(Oc2ccc(SC)cc2)nc(N(C)C)n1. The lowest BCUT2D eigenvalue weighted by Gasteiger charge is -2.12. The molecule has 20 heavy (non-hydrogen) atoms. The zero-order valence-electron chi connectivity index (χ0n) is 11.9. The number of aromatic nitrogens is 3. The zero-order chi connectivity index (χ0) is 14.5. The molecule has 106 valence electrons. The molecule has 0 spiro atoms. The standard InChI is InChI=1S/C13H17N5OS/c1-14-11-15-12(18(2)3)17-13(16-11)19-9-5-7-10(20-4)8-6-9/h5-8H,1-4H3,(H,14,15,16,17). The molecule has 0 atom stereocenters. The smallest absolute Gasteiger partial charge is 0.328 e. The van der Waals surface area contributed by atoms with Crippen molar-refractivity contribution in [3.05, 3.63) is 24.3 Å². The van der Waals surface area contributed by atoms with Crippen molar-refractivity contribution >= 4 is 23.7 Å². The van der Waals surface area contributed by atoms with Crippen LogP contribution in [-0.2, 0) is 0 Å². The molecule has 2 rings (SSSR count). The fourth-order valence-electron chi connectivity index (χ4n) is 1.45. The third-order valence-corrected chi connectivity index (χ3v) is 3.24. The van der Waals surface area contributed by atoms with Crippen LogP contribution in [0.5, 0.6) is 11.8 Å². The average Bonchev–Trinajstić information content (AvgIpc) is 2.47. The van der Waals surface area contributed by atoms with E-state index >= 15 is 0 Å². The van der Waals surface area contributed by atoms with Crippen LogP contribution in [0.25, 0.3) is 0 Å². The number of benzene rings is 1. The minimum Gasteiger partial charge on any atom is -0.424 e. The van der Waals surface area contributed by atoms with Gasteiger partial charge in [-0.1, -0.05) is 0 Å². The van der Waals surface area contributed by atoms with Gasteiger partial charge in [0.15, 0.2) is 0 Å². The van der Waals surface area contributed by atoms with Gasteiger partial charge in [0.1, 0.15) is 5.75 Å². The molecule has 0 aliphatic carbocycles. The summed E-state index contributed by atoms with van der Waals surface area (Å²) in [5, 5.41) is 2.89. The van der Waals surface area contributed by atoms with Crippen LogP contribution in [0.1, 0.15) is 0 Å². The van der Waals surface area contributed by atoms with E-state index < -0.39 is 0 Å². The molecule has 0 aliphatic rings. The van der Waals surface area contributed by atoms with Gasteiger partial charge in [-0.25, -0.2) is 0 Å². The maximum atomic E-state index is 5.67. The number of anilines is 2. The summed E-state index contributed by atoms with van der Waals surface area (Å²) in [5.74, 6) is 1.71. The molecule has 1 aromatic carbocycles. The Balaban J connectivity index is 2.24. The molecule has 7 heteroatoms. The molecule has 1 aromatic heterocycles. The normalized spacial score (nSPS) is 10.2. The van der Waals surface area contributed by atoms with Crippen LogP contribution in [-0.4, -0.2) is 42.4 Å². The number of thioether (sulfide) groups is 1. The van der Waals surface area contributed by atoms with E-state index in [1.807, 2.05) is 44.6 Å². The molecule has 0 unspecified atom stereocenters. The van der Waals surface area contributed by atoms with E-state index in [4.69, 9.17) is 4.74 Å². The zero-order valence-corrected chi connectivity index (χ0v) is 12.7. The summed E-state index contributed by atoms with van der Waals surface area (Å²) in [6, 6.07) is 8.04. The summed E-state index contributed by atoms with van der Waals surface area (Å²) in [4.78, 5) is 15.6. The molecule has 0 bridgehead atoms. The first-order valence-electron chi connectivity index (χ1n) is 6.05. The van der Waals surface area contributed by atoms with E-state index in [-0.39, 0.29) is 6.01 Å². The molecule has 6 nitrogen and oxygen atoms in total. The van der Waals surface area contributed by atoms with Crippen LogP contribution in [0.4, 0.5) is 11.9 Å². The van der Waals surface area contributed by atoms with Crippen molar-refractivity contribution in [1.82, 2.24) is 15.0 Å². The Labute approximate surface area is 122 Å². The summed E-state index contributed by atoms with van der Waals surface area (Å²) >= 11 is 1.68. The molecular weight excluding hydrogens is 274 g/mol. The van der Waals surface area contributed by atoms with Gasteiger partial charge in [-0.3, -0.25) is 0 Å². The molecular formula is C13H17N5OS.